The molecule has 2 saturated carbocycles. The lowest BCUT2D eigenvalue weighted by atomic mass is 9.85. The quantitative estimate of drug-likeness (QED) is 0.765. The monoisotopic (exact) mass is 316 g/mol. The SMILES string of the molecule is O=C(O)CN(CC1CC1)C1CC(NC(=O)Cc2ccccc2)C1. The molecule has 0 atom stereocenters. The van der Waals surface area contributed by atoms with E-state index in [-0.39, 0.29) is 18.5 Å². The molecule has 5 nitrogen and oxygen atoms in total. The van der Waals surface area contributed by atoms with Crippen molar-refractivity contribution in [1.82, 2.24) is 10.2 Å². The van der Waals surface area contributed by atoms with Crippen LogP contribution < -0.4 is 5.32 Å². The molecule has 1 aromatic rings. The van der Waals surface area contributed by atoms with Crippen LogP contribution in [-0.2, 0) is 16.0 Å². The highest BCUT2D eigenvalue weighted by Gasteiger charge is 2.37. The van der Waals surface area contributed by atoms with Crippen LogP contribution in [0.25, 0.3) is 0 Å². The molecule has 23 heavy (non-hydrogen) atoms. The molecule has 0 bridgehead atoms. The third-order valence-electron chi connectivity index (χ3n) is 4.73. The molecule has 2 N–H and O–H groups in total. The number of hydrogen-bond donors (Lipinski definition) is 2. The number of carbonyl (C=O) groups excluding carboxylic acids is 1. The second kappa shape index (κ2) is 7.13. The van der Waals surface area contributed by atoms with E-state index in [1.807, 2.05) is 30.3 Å². The lowest BCUT2D eigenvalue weighted by molar-refractivity contribution is -0.140. The Kier molecular flexibility index (Phi) is 4.96. The van der Waals surface area contributed by atoms with E-state index in [2.05, 4.69) is 10.2 Å². The maximum absolute atomic E-state index is 12.0. The lowest BCUT2D eigenvalue weighted by Gasteiger charge is -2.42. The zero-order chi connectivity index (χ0) is 16.2. The molecule has 3 rings (SSSR count). The topological polar surface area (TPSA) is 69.6 Å². The number of aliphatic carboxylic acids is 1. The maximum atomic E-state index is 12.0. The summed E-state index contributed by atoms with van der Waals surface area (Å²) >= 11 is 0. The molecule has 0 unspecified atom stereocenters. The van der Waals surface area contributed by atoms with Gasteiger partial charge in [-0.25, -0.2) is 0 Å². The van der Waals surface area contributed by atoms with Crippen LogP contribution in [0.5, 0.6) is 0 Å². The second-order valence-electron chi connectivity index (χ2n) is 6.82. The summed E-state index contributed by atoms with van der Waals surface area (Å²) in [5.74, 6) is -0.0325. The van der Waals surface area contributed by atoms with Crippen molar-refractivity contribution < 1.29 is 14.7 Å². The minimum absolute atomic E-state index is 0.0478. The van der Waals surface area contributed by atoms with Gasteiger partial charge >= 0.3 is 5.97 Å². The van der Waals surface area contributed by atoms with E-state index in [0.29, 0.717) is 18.4 Å². The van der Waals surface area contributed by atoms with Crippen LogP contribution in [0.2, 0.25) is 0 Å². The first-order chi connectivity index (χ1) is 11.1. The molecule has 0 aromatic heterocycles. The molecule has 1 amide bonds. The van der Waals surface area contributed by atoms with Crippen molar-refractivity contribution in [3.05, 3.63) is 35.9 Å². The Labute approximate surface area is 136 Å². The highest BCUT2D eigenvalue weighted by Crippen LogP contribution is 2.33. The van der Waals surface area contributed by atoms with Crippen LogP contribution in [0.1, 0.15) is 31.2 Å². The number of hydrogen-bond acceptors (Lipinski definition) is 3. The van der Waals surface area contributed by atoms with Gasteiger partial charge in [-0.05, 0) is 37.2 Å². The average molecular weight is 316 g/mol. The summed E-state index contributed by atoms with van der Waals surface area (Å²) in [5, 5.41) is 12.1. The number of amides is 1. The average Bonchev–Trinajstić information content (AvgIpc) is 3.26. The Morgan fingerprint density at radius 1 is 1.17 bits per heavy atom. The maximum Gasteiger partial charge on any atom is 0.317 e. The number of carboxylic acids is 1. The number of nitrogens with one attached hydrogen (secondary N) is 1. The number of carboxylic acid groups (broad SMARTS) is 1. The van der Waals surface area contributed by atoms with Gasteiger partial charge in [0, 0.05) is 18.6 Å². The molecular formula is C18H24N2O3. The summed E-state index contributed by atoms with van der Waals surface area (Å²) < 4.78 is 0. The molecule has 2 fully saturated rings. The van der Waals surface area contributed by atoms with Gasteiger partial charge in [0.1, 0.15) is 0 Å². The highest BCUT2D eigenvalue weighted by molar-refractivity contribution is 5.79. The van der Waals surface area contributed by atoms with Crippen LogP contribution in [-0.4, -0.2) is 47.1 Å². The van der Waals surface area contributed by atoms with Crippen LogP contribution >= 0.6 is 0 Å². The fourth-order valence-electron chi connectivity index (χ4n) is 3.21. The van der Waals surface area contributed by atoms with Crippen molar-refractivity contribution in [3.8, 4) is 0 Å². The Morgan fingerprint density at radius 3 is 2.48 bits per heavy atom. The molecule has 124 valence electrons. The highest BCUT2D eigenvalue weighted by atomic mass is 16.4. The van der Waals surface area contributed by atoms with Crippen LogP contribution in [0.4, 0.5) is 0 Å². The zero-order valence-corrected chi connectivity index (χ0v) is 13.3. The standard InChI is InChI=1S/C18H24N2O3/c21-17(8-13-4-2-1-3-5-13)19-15-9-16(10-15)20(12-18(22)23)11-14-6-7-14/h1-5,14-16H,6-12H2,(H,19,21)(H,22,23). The summed E-state index contributed by atoms with van der Waals surface area (Å²) in [5.41, 5.74) is 1.02. The number of nitrogens with zero attached hydrogens (tertiary/aromatic N) is 1. The van der Waals surface area contributed by atoms with E-state index in [1.165, 1.54) is 12.8 Å². The van der Waals surface area contributed by atoms with E-state index in [9.17, 15) is 9.59 Å². The van der Waals surface area contributed by atoms with Crippen LogP contribution in [0.3, 0.4) is 0 Å². The van der Waals surface area contributed by atoms with Crippen LogP contribution in [0, 0.1) is 5.92 Å². The molecule has 0 heterocycles. The van der Waals surface area contributed by atoms with E-state index in [4.69, 9.17) is 5.11 Å². The second-order valence-corrected chi connectivity index (χ2v) is 6.82. The summed E-state index contributed by atoms with van der Waals surface area (Å²) in [6, 6.07) is 10.2. The van der Waals surface area contributed by atoms with Gasteiger partial charge in [0.15, 0.2) is 0 Å². The molecular weight excluding hydrogens is 292 g/mol. The third-order valence-corrected chi connectivity index (χ3v) is 4.73. The predicted molar refractivity (Wildman–Crippen MR) is 87.0 cm³/mol. The van der Waals surface area contributed by atoms with Gasteiger partial charge in [0.25, 0.3) is 0 Å². The van der Waals surface area contributed by atoms with Crippen molar-refractivity contribution in [2.75, 3.05) is 13.1 Å². The van der Waals surface area contributed by atoms with Gasteiger partial charge in [-0.1, -0.05) is 30.3 Å². The Hall–Kier alpha value is -1.88. The van der Waals surface area contributed by atoms with Crippen molar-refractivity contribution in [2.45, 2.75) is 44.2 Å². The van der Waals surface area contributed by atoms with E-state index in [0.717, 1.165) is 24.9 Å². The normalized spacial score (nSPS) is 23.3. The fraction of sp³-hybridized carbons (Fsp3) is 0.556. The van der Waals surface area contributed by atoms with Crippen LogP contribution in [0.15, 0.2) is 30.3 Å². The van der Waals surface area contributed by atoms with Gasteiger partial charge in [0.05, 0.1) is 13.0 Å². The smallest absolute Gasteiger partial charge is 0.317 e. The van der Waals surface area contributed by atoms with Crippen molar-refractivity contribution >= 4 is 11.9 Å². The molecule has 2 aliphatic carbocycles. The van der Waals surface area contributed by atoms with Gasteiger partial charge in [0.2, 0.25) is 5.91 Å². The van der Waals surface area contributed by atoms with E-state index < -0.39 is 5.97 Å². The summed E-state index contributed by atoms with van der Waals surface area (Å²) in [6.07, 6.45) is 4.57. The number of carbonyl (C=O) groups is 2. The minimum atomic E-state index is -0.762. The van der Waals surface area contributed by atoms with Crippen molar-refractivity contribution in [1.29, 1.82) is 0 Å². The summed E-state index contributed by atoms with van der Waals surface area (Å²) in [4.78, 5) is 25.1. The molecule has 0 radical (unpaired) electrons. The first-order valence-corrected chi connectivity index (χ1v) is 8.39. The van der Waals surface area contributed by atoms with Gasteiger partial charge < -0.3 is 10.4 Å². The Morgan fingerprint density at radius 2 is 1.87 bits per heavy atom. The van der Waals surface area contributed by atoms with Gasteiger partial charge in [-0.3, -0.25) is 14.5 Å². The first-order valence-electron chi connectivity index (χ1n) is 8.39. The largest absolute Gasteiger partial charge is 0.480 e. The first kappa shape index (κ1) is 16.0. The summed E-state index contributed by atoms with van der Waals surface area (Å²) in [6.45, 7) is 1.01. The molecule has 5 heteroatoms. The molecule has 2 aliphatic rings. The van der Waals surface area contributed by atoms with Crippen molar-refractivity contribution in [3.63, 3.8) is 0 Å². The number of benzene rings is 1. The molecule has 0 spiro atoms. The van der Waals surface area contributed by atoms with E-state index >= 15 is 0 Å². The zero-order valence-electron chi connectivity index (χ0n) is 13.3. The lowest BCUT2D eigenvalue weighted by Crippen LogP contribution is -2.55. The molecule has 0 aliphatic heterocycles. The van der Waals surface area contributed by atoms with Crippen molar-refractivity contribution in [2.24, 2.45) is 5.92 Å². The Bertz CT molecular complexity index is 551. The predicted octanol–water partition coefficient (Wildman–Crippen LogP) is 1.67. The molecule has 0 saturated heterocycles. The van der Waals surface area contributed by atoms with Gasteiger partial charge in [-0.2, -0.15) is 0 Å². The van der Waals surface area contributed by atoms with E-state index in [1.54, 1.807) is 0 Å². The molecule has 1 aromatic carbocycles. The minimum Gasteiger partial charge on any atom is -0.480 e. The fourth-order valence-corrected chi connectivity index (χ4v) is 3.21. The summed E-state index contributed by atoms with van der Waals surface area (Å²) in [7, 11) is 0. The Balaban J connectivity index is 1.42. The number of rotatable bonds is 8. The third kappa shape index (κ3) is 4.79. The van der Waals surface area contributed by atoms with Gasteiger partial charge in [-0.15, -0.1) is 0 Å².